The Morgan fingerprint density at radius 2 is 2.36 bits per heavy atom. The van der Waals surface area contributed by atoms with Crippen molar-refractivity contribution in [1.29, 1.82) is 0 Å². The minimum atomic E-state index is 0.569. The van der Waals surface area contributed by atoms with Gasteiger partial charge in [0.05, 0.1) is 10.7 Å². The maximum Gasteiger partial charge on any atom is 0.141 e. The van der Waals surface area contributed by atoms with E-state index in [2.05, 4.69) is 34.9 Å². The average Bonchev–Trinajstić information content (AvgIpc) is 2.18. The normalized spacial score (nSPS) is 11.0. The van der Waals surface area contributed by atoms with E-state index in [4.69, 9.17) is 11.6 Å². The van der Waals surface area contributed by atoms with Gasteiger partial charge in [0, 0.05) is 6.54 Å². The van der Waals surface area contributed by atoms with Crippen molar-refractivity contribution >= 4 is 27.5 Å². The lowest BCUT2D eigenvalue weighted by Gasteiger charge is -2.05. The number of hydrogen-bond acceptors (Lipinski definition) is 1. The molecule has 0 fully saturated rings. The summed E-state index contributed by atoms with van der Waals surface area (Å²) in [6.07, 6.45) is 1.71. The minimum absolute atomic E-state index is 0.569. The zero-order valence-corrected chi connectivity index (χ0v) is 8.85. The zero-order chi connectivity index (χ0) is 8.43. The zero-order valence-electron chi connectivity index (χ0n) is 6.51. The SMILES string of the molecule is CC(C)Cn1ncc(Br)c1Cl. The highest BCUT2D eigenvalue weighted by molar-refractivity contribution is 9.10. The lowest BCUT2D eigenvalue weighted by molar-refractivity contribution is 0.483. The third kappa shape index (κ3) is 2.20. The Morgan fingerprint density at radius 1 is 1.73 bits per heavy atom. The second-order valence-electron chi connectivity index (χ2n) is 2.86. The molecule has 0 radical (unpaired) electrons. The topological polar surface area (TPSA) is 17.8 Å². The molecule has 0 saturated heterocycles. The van der Waals surface area contributed by atoms with Gasteiger partial charge in [-0.25, -0.2) is 0 Å². The van der Waals surface area contributed by atoms with Gasteiger partial charge in [-0.2, -0.15) is 5.10 Å². The van der Waals surface area contributed by atoms with Crippen molar-refractivity contribution in [1.82, 2.24) is 9.78 Å². The molecule has 0 aromatic carbocycles. The van der Waals surface area contributed by atoms with Crippen LogP contribution in [-0.4, -0.2) is 9.78 Å². The number of halogens is 2. The van der Waals surface area contributed by atoms with Crippen LogP contribution in [0.4, 0.5) is 0 Å². The highest BCUT2D eigenvalue weighted by atomic mass is 79.9. The predicted octanol–water partition coefficient (Wildman–Crippen LogP) is 2.96. The van der Waals surface area contributed by atoms with Crippen LogP contribution in [0, 0.1) is 5.92 Å². The summed E-state index contributed by atoms with van der Waals surface area (Å²) in [6.45, 7) is 5.13. The van der Waals surface area contributed by atoms with Crippen LogP contribution in [0.2, 0.25) is 5.15 Å². The first kappa shape index (κ1) is 9.07. The van der Waals surface area contributed by atoms with Gasteiger partial charge in [0.15, 0.2) is 0 Å². The minimum Gasteiger partial charge on any atom is -0.253 e. The number of rotatable bonds is 2. The third-order valence-electron chi connectivity index (χ3n) is 1.27. The van der Waals surface area contributed by atoms with Gasteiger partial charge in [-0.15, -0.1) is 0 Å². The summed E-state index contributed by atoms with van der Waals surface area (Å²) in [5.41, 5.74) is 0. The molecule has 1 rings (SSSR count). The predicted molar refractivity (Wildman–Crippen MR) is 49.8 cm³/mol. The Hall–Kier alpha value is -0.0200. The lowest BCUT2D eigenvalue weighted by atomic mass is 10.2. The highest BCUT2D eigenvalue weighted by Crippen LogP contribution is 2.21. The van der Waals surface area contributed by atoms with Crippen molar-refractivity contribution in [3.63, 3.8) is 0 Å². The molecular weight excluding hydrogens is 227 g/mol. The van der Waals surface area contributed by atoms with E-state index in [-0.39, 0.29) is 0 Å². The van der Waals surface area contributed by atoms with Crippen molar-refractivity contribution in [2.45, 2.75) is 20.4 Å². The molecule has 0 unspecified atom stereocenters. The fraction of sp³-hybridized carbons (Fsp3) is 0.571. The molecule has 0 aliphatic heterocycles. The molecule has 0 saturated carbocycles. The molecule has 0 aliphatic carbocycles. The van der Waals surface area contributed by atoms with E-state index < -0.39 is 0 Å². The molecule has 0 N–H and O–H groups in total. The van der Waals surface area contributed by atoms with Gasteiger partial charge >= 0.3 is 0 Å². The Kier molecular flexibility index (Phi) is 2.96. The van der Waals surface area contributed by atoms with Gasteiger partial charge in [0.2, 0.25) is 0 Å². The van der Waals surface area contributed by atoms with Crippen LogP contribution in [0.3, 0.4) is 0 Å². The van der Waals surface area contributed by atoms with Crippen molar-refractivity contribution < 1.29 is 0 Å². The van der Waals surface area contributed by atoms with Crippen LogP contribution in [0.1, 0.15) is 13.8 Å². The molecule has 4 heteroatoms. The van der Waals surface area contributed by atoms with E-state index in [1.807, 2.05) is 0 Å². The lowest BCUT2D eigenvalue weighted by Crippen LogP contribution is -2.05. The molecule has 0 atom stereocenters. The van der Waals surface area contributed by atoms with E-state index in [1.54, 1.807) is 10.9 Å². The standard InChI is InChI=1S/C7H10BrClN2/c1-5(2)4-11-7(9)6(8)3-10-11/h3,5H,4H2,1-2H3. The summed E-state index contributed by atoms with van der Waals surface area (Å²) in [5, 5.41) is 4.77. The van der Waals surface area contributed by atoms with E-state index in [0.717, 1.165) is 11.0 Å². The fourth-order valence-corrected chi connectivity index (χ4v) is 1.28. The molecule has 1 heterocycles. The van der Waals surface area contributed by atoms with Crippen LogP contribution in [0.25, 0.3) is 0 Å². The van der Waals surface area contributed by atoms with Crippen molar-refractivity contribution in [3.8, 4) is 0 Å². The Morgan fingerprint density at radius 3 is 2.73 bits per heavy atom. The van der Waals surface area contributed by atoms with E-state index in [1.165, 1.54) is 0 Å². The van der Waals surface area contributed by atoms with Gasteiger partial charge in [0.25, 0.3) is 0 Å². The Balaban J connectivity index is 2.79. The number of nitrogens with zero attached hydrogens (tertiary/aromatic N) is 2. The first-order valence-corrected chi connectivity index (χ1v) is 4.65. The number of aromatic nitrogens is 2. The molecule has 2 nitrogen and oxygen atoms in total. The highest BCUT2D eigenvalue weighted by Gasteiger charge is 2.05. The molecular formula is C7H10BrClN2. The van der Waals surface area contributed by atoms with Gasteiger partial charge in [0.1, 0.15) is 5.15 Å². The molecule has 0 aliphatic rings. The van der Waals surface area contributed by atoms with Crippen LogP contribution < -0.4 is 0 Å². The average molecular weight is 238 g/mol. The molecule has 62 valence electrons. The van der Waals surface area contributed by atoms with Crippen molar-refractivity contribution in [2.24, 2.45) is 5.92 Å². The second kappa shape index (κ2) is 3.59. The maximum atomic E-state index is 5.91. The van der Waals surface area contributed by atoms with E-state index >= 15 is 0 Å². The van der Waals surface area contributed by atoms with Gasteiger partial charge < -0.3 is 0 Å². The third-order valence-corrected chi connectivity index (χ3v) is 2.48. The summed E-state index contributed by atoms with van der Waals surface area (Å²) in [7, 11) is 0. The Bertz CT molecular complexity index is 245. The van der Waals surface area contributed by atoms with Crippen molar-refractivity contribution in [3.05, 3.63) is 15.8 Å². The largest absolute Gasteiger partial charge is 0.253 e. The molecule has 11 heavy (non-hydrogen) atoms. The number of hydrogen-bond donors (Lipinski definition) is 0. The van der Waals surface area contributed by atoms with Crippen LogP contribution in [0.5, 0.6) is 0 Å². The smallest absolute Gasteiger partial charge is 0.141 e. The molecule has 0 amide bonds. The summed E-state index contributed by atoms with van der Waals surface area (Å²) >= 11 is 9.20. The van der Waals surface area contributed by atoms with Crippen LogP contribution in [-0.2, 0) is 6.54 Å². The molecule has 0 spiro atoms. The fourth-order valence-electron chi connectivity index (χ4n) is 0.821. The molecule has 1 aromatic heterocycles. The summed E-state index contributed by atoms with van der Waals surface area (Å²) in [5.74, 6) is 0.569. The summed E-state index contributed by atoms with van der Waals surface area (Å²) < 4.78 is 2.65. The second-order valence-corrected chi connectivity index (χ2v) is 4.07. The first-order chi connectivity index (χ1) is 5.11. The summed E-state index contributed by atoms with van der Waals surface area (Å²) in [4.78, 5) is 0. The quantitative estimate of drug-likeness (QED) is 0.773. The van der Waals surface area contributed by atoms with E-state index in [9.17, 15) is 0 Å². The molecule has 1 aromatic rings. The van der Waals surface area contributed by atoms with Crippen LogP contribution >= 0.6 is 27.5 Å². The molecule has 0 bridgehead atoms. The van der Waals surface area contributed by atoms with Gasteiger partial charge in [-0.3, -0.25) is 4.68 Å². The van der Waals surface area contributed by atoms with Crippen molar-refractivity contribution in [2.75, 3.05) is 0 Å². The maximum absolute atomic E-state index is 5.91. The summed E-state index contributed by atoms with van der Waals surface area (Å²) in [6, 6.07) is 0. The first-order valence-electron chi connectivity index (χ1n) is 3.48. The van der Waals surface area contributed by atoms with E-state index in [0.29, 0.717) is 11.1 Å². The van der Waals surface area contributed by atoms with Crippen LogP contribution in [0.15, 0.2) is 10.7 Å². The van der Waals surface area contributed by atoms with Gasteiger partial charge in [-0.1, -0.05) is 25.4 Å². The van der Waals surface area contributed by atoms with Gasteiger partial charge in [-0.05, 0) is 21.8 Å². The Labute approximate surface area is 79.7 Å². The monoisotopic (exact) mass is 236 g/mol.